The van der Waals surface area contributed by atoms with Gasteiger partial charge in [0.15, 0.2) is 0 Å². The van der Waals surface area contributed by atoms with Crippen LogP contribution in [0.4, 0.5) is 11.4 Å². The molecule has 1 fully saturated rings. The maximum absolute atomic E-state index is 12.0. The summed E-state index contributed by atoms with van der Waals surface area (Å²) in [5.41, 5.74) is 3.15. The van der Waals surface area contributed by atoms with Crippen LogP contribution in [0.3, 0.4) is 0 Å². The predicted octanol–water partition coefficient (Wildman–Crippen LogP) is 3.20. The third kappa shape index (κ3) is 3.70. The Morgan fingerprint density at radius 1 is 1.09 bits per heavy atom. The minimum atomic E-state index is 0.0249. The summed E-state index contributed by atoms with van der Waals surface area (Å²) >= 11 is 0. The molecule has 1 amide bonds. The molecule has 1 aromatic carbocycles. The number of benzene rings is 1. The Morgan fingerprint density at radius 3 is 2.45 bits per heavy atom. The first kappa shape index (κ1) is 14.7. The number of anilines is 2. The van der Waals surface area contributed by atoms with Gasteiger partial charge in [0.1, 0.15) is 0 Å². The zero-order chi connectivity index (χ0) is 15.4. The minimum Gasteiger partial charge on any atom is -0.372 e. The van der Waals surface area contributed by atoms with E-state index in [0.717, 1.165) is 24.3 Å². The molecule has 0 atom stereocenters. The zero-order valence-electron chi connectivity index (χ0n) is 13.1. The molecule has 1 N–H and O–H groups in total. The summed E-state index contributed by atoms with van der Waals surface area (Å²) < 4.78 is 1.95. The van der Waals surface area contributed by atoms with Crippen LogP contribution in [0.1, 0.15) is 24.8 Å². The Morgan fingerprint density at radius 2 is 1.82 bits per heavy atom. The lowest BCUT2D eigenvalue weighted by atomic mass is 10.1. The molecule has 0 radical (unpaired) electrons. The first-order valence-corrected chi connectivity index (χ1v) is 7.96. The third-order valence-electron chi connectivity index (χ3n) is 4.13. The number of carbonyl (C=O) groups is 1. The Bertz CT molecular complexity index is 624. The molecule has 0 spiro atoms. The van der Waals surface area contributed by atoms with E-state index < -0.39 is 0 Å². The van der Waals surface area contributed by atoms with Crippen molar-refractivity contribution in [2.24, 2.45) is 7.05 Å². The molecule has 4 heteroatoms. The summed E-state index contributed by atoms with van der Waals surface area (Å²) in [5, 5.41) is 2.96. The van der Waals surface area contributed by atoms with Crippen molar-refractivity contribution < 1.29 is 4.79 Å². The molecule has 1 saturated heterocycles. The van der Waals surface area contributed by atoms with Crippen LogP contribution >= 0.6 is 0 Å². The number of hydrogen-bond donors (Lipinski definition) is 1. The monoisotopic (exact) mass is 297 g/mol. The second-order valence-electron chi connectivity index (χ2n) is 6.00. The molecular weight excluding hydrogens is 274 g/mol. The topological polar surface area (TPSA) is 37.3 Å². The fraction of sp³-hybridized carbons (Fsp3) is 0.389. The summed E-state index contributed by atoms with van der Waals surface area (Å²) in [7, 11) is 1.96. The fourth-order valence-corrected chi connectivity index (χ4v) is 2.96. The minimum absolute atomic E-state index is 0.0249. The van der Waals surface area contributed by atoms with Crippen molar-refractivity contribution >= 4 is 17.3 Å². The molecule has 3 rings (SSSR count). The van der Waals surface area contributed by atoms with Crippen LogP contribution in [-0.4, -0.2) is 23.6 Å². The highest BCUT2D eigenvalue weighted by atomic mass is 16.1. The van der Waals surface area contributed by atoms with E-state index in [9.17, 15) is 4.79 Å². The second-order valence-corrected chi connectivity index (χ2v) is 6.00. The predicted molar refractivity (Wildman–Crippen MR) is 90.3 cm³/mol. The van der Waals surface area contributed by atoms with Gasteiger partial charge < -0.3 is 14.8 Å². The van der Waals surface area contributed by atoms with E-state index >= 15 is 0 Å². The van der Waals surface area contributed by atoms with E-state index in [1.807, 2.05) is 42.2 Å². The van der Waals surface area contributed by atoms with Crippen LogP contribution < -0.4 is 10.2 Å². The Kier molecular flexibility index (Phi) is 4.47. The standard InChI is InChI=1S/C18H23N3O/c1-20-12-9-15(14-20)13-18(22)19-16-5-7-17(8-6-16)21-10-3-2-4-11-21/h5-9,12,14H,2-4,10-11,13H2,1H3,(H,19,22). The van der Waals surface area contributed by atoms with Crippen molar-refractivity contribution in [1.82, 2.24) is 4.57 Å². The Hall–Kier alpha value is -2.23. The molecule has 22 heavy (non-hydrogen) atoms. The fourth-order valence-electron chi connectivity index (χ4n) is 2.96. The lowest BCUT2D eigenvalue weighted by molar-refractivity contribution is -0.115. The largest absolute Gasteiger partial charge is 0.372 e. The molecular formula is C18H23N3O. The molecule has 116 valence electrons. The van der Waals surface area contributed by atoms with Gasteiger partial charge in [0.2, 0.25) is 5.91 Å². The summed E-state index contributed by atoms with van der Waals surface area (Å²) in [4.78, 5) is 14.5. The number of nitrogens with zero attached hydrogens (tertiary/aromatic N) is 2. The van der Waals surface area contributed by atoms with Gasteiger partial charge in [-0.05, 0) is 55.2 Å². The lowest BCUT2D eigenvalue weighted by Gasteiger charge is -2.28. The van der Waals surface area contributed by atoms with E-state index in [4.69, 9.17) is 0 Å². The van der Waals surface area contributed by atoms with Crippen LogP contribution in [0.15, 0.2) is 42.7 Å². The second kappa shape index (κ2) is 6.69. The summed E-state index contributed by atoms with van der Waals surface area (Å²) in [6, 6.07) is 10.2. The van der Waals surface area contributed by atoms with Crippen LogP contribution in [0.25, 0.3) is 0 Å². The molecule has 1 aliphatic heterocycles. The van der Waals surface area contributed by atoms with Crippen LogP contribution in [0, 0.1) is 0 Å². The molecule has 0 unspecified atom stereocenters. The number of rotatable bonds is 4. The first-order valence-electron chi connectivity index (χ1n) is 7.96. The van der Waals surface area contributed by atoms with Gasteiger partial charge in [-0.1, -0.05) is 0 Å². The molecule has 4 nitrogen and oxygen atoms in total. The Balaban J connectivity index is 1.57. The summed E-state index contributed by atoms with van der Waals surface area (Å²) in [6.07, 6.45) is 8.22. The molecule has 0 bridgehead atoms. The van der Waals surface area contributed by atoms with Crippen molar-refractivity contribution in [1.29, 1.82) is 0 Å². The first-order chi connectivity index (χ1) is 10.7. The van der Waals surface area contributed by atoms with Crippen molar-refractivity contribution in [3.05, 3.63) is 48.3 Å². The van der Waals surface area contributed by atoms with Gasteiger partial charge >= 0.3 is 0 Å². The average Bonchev–Trinajstić information content (AvgIpc) is 2.94. The molecule has 1 aromatic heterocycles. The highest BCUT2D eigenvalue weighted by Crippen LogP contribution is 2.21. The van der Waals surface area contributed by atoms with E-state index in [2.05, 4.69) is 22.3 Å². The van der Waals surface area contributed by atoms with Gasteiger partial charge in [0.05, 0.1) is 6.42 Å². The number of hydrogen-bond acceptors (Lipinski definition) is 2. The molecule has 1 aliphatic rings. The molecule has 2 aromatic rings. The zero-order valence-corrected chi connectivity index (χ0v) is 13.1. The lowest BCUT2D eigenvalue weighted by Crippen LogP contribution is -2.29. The van der Waals surface area contributed by atoms with Gasteiger partial charge in [-0.2, -0.15) is 0 Å². The number of amides is 1. The van der Waals surface area contributed by atoms with Gasteiger partial charge in [0.25, 0.3) is 0 Å². The van der Waals surface area contributed by atoms with Gasteiger partial charge in [-0.15, -0.1) is 0 Å². The van der Waals surface area contributed by atoms with Gasteiger partial charge in [-0.25, -0.2) is 0 Å². The molecule has 0 aliphatic carbocycles. The van der Waals surface area contributed by atoms with E-state index in [0.29, 0.717) is 6.42 Å². The van der Waals surface area contributed by atoms with Crippen molar-refractivity contribution in [3.8, 4) is 0 Å². The van der Waals surface area contributed by atoms with Crippen molar-refractivity contribution in [2.45, 2.75) is 25.7 Å². The quantitative estimate of drug-likeness (QED) is 0.941. The smallest absolute Gasteiger partial charge is 0.228 e. The van der Waals surface area contributed by atoms with Crippen LogP contribution in [-0.2, 0) is 18.3 Å². The van der Waals surface area contributed by atoms with E-state index in [1.165, 1.54) is 24.9 Å². The van der Waals surface area contributed by atoms with Crippen molar-refractivity contribution in [3.63, 3.8) is 0 Å². The molecule has 0 saturated carbocycles. The maximum atomic E-state index is 12.0. The SMILES string of the molecule is Cn1ccc(CC(=O)Nc2ccc(N3CCCCC3)cc2)c1. The number of piperidine rings is 1. The van der Waals surface area contributed by atoms with E-state index in [1.54, 1.807) is 0 Å². The number of aryl methyl sites for hydroxylation is 1. The van der Waals surface area contributed by atoms with Gasteiger partial charge in [-0.3, -0.25) is 4.79 Å². The maximum Gasteiger partial charge on any atom is 0.228 e. The highest BCUT2D eigenvalue weighted by molar-refractivity contribution is 5.92. The normalized spacial score (nSPS) is 14.9. The summed E-state index contributed by atoms with van der Waals surface area (Å²) in [6.45, 7) is 2.28. The molecule has 2 heterocycles. The summed E-state index contributed by atoms with van der Waals surface area (Å²) in [5.74, 6) is 0.0249. The number of aromatic nitrogens is 1. The Labute approximate surface area is 131 Å². The number of carbonyl (C=O) groups excluding carboxylic acids is 1. The number of nitrogens with one attached hydrogen (secondary N) is 1. The van der Waals surface area contributed by atoms with Crippen LogP contribution in [0.2, 0.25) is 0 Å². The van der Waals surface area contributed by atoms with Gasteiger partial charge in [0, 0.05) is 43.9 Å². The van der Waals surface area contributed by atoms with E-state index in [-0.39, 0.29) is 5.91 Å². The average molecular weight is 297 g/mol. The van der Waals surface area contributed by atoms with Crippen molar-refractivity contribution in [2.75, 3.05) is 23.3 Å². The third-order valence-corrected chi connectivity index (χ3v) is 4.13. The van der Waals surface area contributed by atoms with Crippen LogP contribution in [0.5, 0.6) is 0 Å². The highest BCUT2D eigenvalue weighted by Gasteiger charge is 2.11.